The van der Waals surface area contributed by atoms with Crippen molar-refractivity contribution in [2.45, 2.75) is 92.3 Å². The van der Waals surface area contributed by atoms with E-state index in [1.54, 1.807) is 0 Å². The molecule has 0 aromatic heterocycles. The molecule has 0 N–H and O–H groups in total. The Labute approximate surface area is 139 Å². The minimum Gasteiger partial charge on any atom is -0.311 e. The summed E-state index contributed by atoms with van der Waals surface area (Å²) >= 11 is 0. The average molecular weight is 307 g/mol. The van der Waals surface area contributed by atoms with Gasteiger partial charge in [-0.25, -0.2) is 0 Å². The van der Waals surface area contributed by atoms with Crippen molar-refractivity contribution in [1.29, 1.82) is 0 Å². The molecule has 0 amide bonds. The first-order valence-electron chi connectivity index (χ1n) is 9.90. The van der Waals surface area contributed by atoms with Crippen LogP contribution in [0.25, 0.3) is 0 Å². The van der Waals surface area contributed by atoms with Crippen LogP contribution >= 0.6 is 0 Å². The predicted octanol–water partition coefficient (Wildman–Crippen LogP) is 5.35. The van der Waals surface area contributed by atoms with Crippen LogP contribution in [0.1, 0.15) is 75.2 Å². The predicted molar refractivity (Wildman–Crippen MR) is 95.6 cm³/mol. The standard InChI is InChI=1S/C21H40N/c1-13(2)14(3)15(4)18-12-21(9,16(18)5)22-11-10-19(22)17(6)20(22,7)8/h13-19H,10-12H2,1-9H3/q+1. The summed E-state index contributed by atoms with van der Waals surface area (Å²) < 4.78 is 1.46. The first-order chi connectivity index (χ1) is 10.0. The van der Waals surface area contributed by atoms with Crippen LogP contribution in [0.5, 0.6) is 0 Å². The van der Waals surface area contributed by atoms with Crippen molar-refractivity contribution in [3.63, 3.8) is 0 Å². The molecule has 22 heavy (non-hydrogen) atoms. The van der Waals surface area contributed by atoms with Crippen molar-refractivity contribution in [2.75, 3.05) is 6.54 Å². The lowest BCUT2D eigenvalue weighted by Crippen LogP contribution is -2.96. The lowest BCUT2D eigenvalue weighted by Gasteiger charge is -2.83. The number of hydrogen-bond acceptors (Lipinski definition) is 0. The molecule has 8 atom stereocenters. The van der Waals surface area contributed by atoms with Crippen molar-refractivity contribution in [3.05, 3.63) is 0 Å². The van der Waals surface area contributed by atoms with Gasteiger partial charge < -0.3 is 4.48 Å². The van der Waals surface area contributed by atoms with Crippen molar-refractivity contribution in [2.24, 2.45) is 35.5 Å². The normalized spacial score (nSPS) is 52.1. The lowest BCUT2D eigenvalue weighted by molar-refractivity contribution is -1.13. The van der Waals surface area contributed by atoms with E-state index >= 15 is 0 Å². The summed E-state index contributed by atoms with van der Waals surface area (Å²) in [7, 11) is 0. The van der Waals surface area contributed by atoms with E-state index in [9.17, 15) is 0 Å². The molecule has 3 aliphatic rings. The van der Waals surface area contributed by atoms with Gasteiger partial charge in [0.25, 0.3) is 0 Å². The van der Waals surface area contributed by atoms with Gasteiger partial charge >= 0.3 is 0 Å². The second-order valence-electron chi connectivity index (χ2n) is 10.4. The van der Waals surface area contributed by atoms with E-state index in [0.29, 0.717) is 11.1 Å². The summed E-state index contributed by atoms with van der Waals surface area (Å²) in [5.41, 5.74) is 1.05. The summed E-state index contributed by atoms with van der Waals surface area (Å²) in [6.07, 6.45) is 2.95. The van der Waals surface area contributed by atoms with E-state index in [0.717, 1.165) is 41.5 Å². The maximum atomic E-state index is 2.64. The average Bonchev–Trinajstić information content (AvgIpc) is 2.41. The Morgan fingerprint density at radius 1 is 0.955 bits per heavy atom. The first-order valence-corrected chi connectivity index (χ1v) is 9.90. The van der Waals surface area contributed by atoms with Crippen LogP contribution in [-0.2, 0) is 0 Å². The maximum Gasteiger partial charge on any atom is 0.104 e. The second-order valence-corrected chi connectivity index (χ2v) is 10.4. The maximum absolute atomic E-state index is 2.64. The van der Waals surface area contributed by atoms with Gasteiger partial charge in [0.15, 0.2) is 0 Å². The van der Waals surface area contributed by atoms with E-state index in [4.69, 9.17) is 0 Å². The fourth-order valence-corrected chi connectivity index (χ4v) is 7.23. The van der Waals surface area contributed by atoms with E-state index in [2.05, 4.69) is 62.3 Å². The minimum atomic E-state index is 0.504. The van der Waals surface area contributed by atoms with Crippen LogP contribution in [-0.4, -0.2) is 28.1 Å². The molecular weight excluding hydrogens is 266 g/mol. The third-order valence-electron chi connectivity index (χ3n) is 9.80. The number of piperidine rings is 1. The Hall–Kier alpha value is -0.0400. The van der Waals surface area contributed by atoms with E-state index in [-0.39, 0.29) is 0 Å². The zero-order valence-electron chi connectivity index (χ0n) is 16.6. The Bertz CT molecular complexity index is 453. The van der Waals surface area contributed by atoms with Crippen LogP contribution in [0.2, 0.25) is 0 Å². The molecule has 2 saturated heterocycles. The quantitative estimate of drug-likeness (QED) is 0.614. The molecule has 3 rings (SSSR count). The van der Waals surface area contributed by atoms with Gasteiger partial charge in [0.1, 0.15) is 17.1 Å². The Morgan fingerprint density at radius 2 is 1.55 bits per heavy atom. The zero-order valence-corrected chi connectivity index (χ0v) is 16.6. The molecule has 0 aromatic rings. The van der Waals surface area contributed by atoms with Crippen LogP contribution in [0.4, 0.5) is 0 Å². The molecule has 1 saturated carbocycles. The number of quaternary nitrogens is 1. The SMILES string of the molecule is CC(C)C(C)C(C)C1CC(C)([N+]23CCC2C(C)C3(C)C)C1C. The molecule has 8 unspecified atom stereocenters. The van der Waals surface area contributed by atoms with Gasteiger partial charge in [-0.3, -0.25) is 0 Å². The largest absolute Gasteiger partial charge is 0.311 e. The topological polar surface area (TPSA) is 0 Å². The molecule has 128 valence electrons. The first kappa shape index (κ1) is 16.8. The van der Waals surface area contributed by atoms with Crippen LogP contribution in [0.15, 0.2) is 0 Å². The Kier molecular flexibility index (Phi) is 3.62. The van der Waals surface area contributed by atoms with Gasteiger partial charge in [-0.1, -0.05) is 41.5 Å². The highest BCUT2D eigenvalue weighted by Crippen LogP contribution is 2.69. The minimum absolute atomic E-state index is 0.504. The van der Waals surface area contributed by atoms with Crippen LogP contribution < -0.4 is 0 Å². The van der Waals surface area contributed by atoms with Crippen LogP contribution in [0, 0.1) is 35.5 Å². The lowest BCUT2D eigenvalue weighted by atomic mass is 9.46. The summed E-state index contributed by atoms with van der Waals surface area (Å²) in [5, 5.41) is 0. The molecule has 3 fully saturated rings. The Morgan fingerprint density at radius 3 is 1.91 bits per heavy atom. The van der Waals surface area contributed by atoms with Crippen molar-refractivity contribution in [3.8, 4) is 0 Å². The molecule has 1 heteroatoms. The summed E-state index contributed by atoms with van der Waals surface area (Å²) in [4.78, 5) is 0. The molecule has 2 heterocycles. The van der Waals surface area contributed by atoms with Gasteiger partial charge in [0.05, 0.1) is 12.5 Å². The summed E-state index contributed by atoms with van der Waals surface area (Å²) in [6.45, 7) is 24.1. The summed E-state index contributed by atoms with van der Waals surface area (Å²) in [5.74, 6) is 5.30. The smallest absolute Gasteiger partial charge is 0.104 e. The number of rotatable bonds is 4. The number of hydrogen-bond donors (Lipinski definition) is 0. The Balaban J connectivity index is 1.78. The van der Waals surface area contributed by atoms with Gasteiger partial charge in [-0.2, -0.15) is 0 Å². The third kappa shape index (κ3) is 1.60. The van der Waals surface area contributed by atoms with Gasteiger partial charge in [0, 0.05) is 18.8 Å². The van der Waals surface area contributed by atoms with E-state index < -0.39 is 0 Å². The second kappa shape index (κ2) is 4.74. The molecule has 0 spiro atoms. The van der Waals surface area contributed by atoms with Crippen LogP contribution in [0.3, 0.4) is 0 Å². The van der Waals surface area contributed by atoms with Gasteiger partial charge in [-0.15, -0.1) is 0 Å². The number of nitrogens with zero attached hydrogens (tertiary/aromatic N) is 1. The van der Waals surface area contributed by atoms with Crippen molar-refractivity contribution in [1.82, 2.24) is 0 Å². The molecule has 0 aromatic carbocycles. The summed E-state index contributed by atoms with van der Waals surface area (Å²) in [6, 6.07) is 0.973. The van der Waals surface area contributed by atoms with Gasteiger partial charge in [-0.05, 0) is 44.4 Å². The molecule has 0 radical (unpaired) electrons. The highest BCUT2D eigenvalue weighted by molar-refractivity contribution is 5.11. The van der Waals surface area contributed by atoms with Crippen molar-refractivity contribution >= 4 is 0 Å². The highest BCUT2D eigenvalue weighted by atomic mass is 15.6. The monoisotopic (exact) mass is 306 g/mol. The molecule has 2 aliphatic heterocycles. The van der Waals surface area contributed by atoms with E-state index in [1.807, 2.05) is 0 Å². The van der Waals surface area contributed by atoms with Gasteiger partial charge in [0.2, 0.25) is 0 Å². The zero-order chi connectivity index (χ0) is 16.7. The highest BCUT2D eigenvalue weighted by Gasteiger charge is 2.80. The van der Waals surface area contributed by atoms with Crippen molar-refractivity contribution < 1.29 is 4.48 Å². The molecule has 1 nitrogen and oxygen atoms in total. The molecular formula is C21H40N+. The molecule has 0 bridgehead atoms. The fourth-order valence-electron chi connectivity index (χ4n) is 7.23. The molecule has 1 aliphatic carbocycles. The fraction of sp³-hybridized carbons (Fsp3) is 1.00. The third-order valence-corrected chi connectivity index (χ3v) is 9.80. The number of fused-ring (bicyclic) bond motifs is 1. The van der Waals surface area contributed by atoms with E-state index in [1.165, 1.54) is 23.9 Å².